The van der Waals surface area contributed by atoms with Crippen molar-refractivity contribution in [1.29, 1.82) is 0 Å². The van der Waals surface area contributed by atoms with Crippen molar-refractivity contribution in [2.75, 3.05) is 17.3 Å². The Labute approximate surface area is 146 Å². The molecular formula is C14H18N2O5S3. The molecule has 24 heavy (non-hydrogen) atoms. The molecule has 2 aliphatic rings. The van der Waals surface area contributed by atoms with Crippen LogP contribution in [-0.2, 0) is 26.2 Å². The van der Waals surface area contributed by atoms with Gasteiger partial charge >= 0.3 is 0 Å². The van der Waals surface area contributed by atoms with E-state index in [2.05, 4.69) is 5.32 Å². The lowest BCUT2D eigenvalue weighted by Gasteiger charge is -2.31. The average Bonchev–Trinajstić information content (AvgIpc) is 3.17. The highest BCUT2D eigenvalue weighted by atomic mass is 32.2. The number of furan rings is 1. The van der Waals surface area contributed by atoms with Crippen molar-refractivity contribution in [1.82, 2.24) is 10.2 Å². The first-order valence-corrected chi connectivity index (χ1v) is 11.4. The van der Waals surface area contributed by atoms with Gasteiger partial charge in [-0.15, -0.1) is 0 Å². The molecule has 0 radical (unpaired) electrons. The second-order valence-corrected chi connectivity index (χ2v) is 10.5. The Hall–Kier alpha value is -1.39. The average molecular weight is 391 g/mol. The van der Waals surface area contributed by atoms with Crippen LogP contribution in [0.2, 0.25) is 0 Å². The molecule has 0 bridgehead atoms. The van der Waals surface area contributed by atoms with Crippen LogP contribution in [-0.4, -0.2) is 56.2 Å². The molecule has 1 aromatic rings. The fourth-order valence-corrected chi connectivity index (χ4v) is 6.20. The van der Waals surface area contributed by atoms with E-state index in [1.54, 1.807) is 29.4 Å². The van der Waals surface area contributed by atoms with Gasteiger partial charge in [0.2, 0.25) is 0 Å². The minimum absolute atomic E-state index is 0.0360. The number of sulfone groups is 2. The summed E-state index contributed by atoms with van der Waals surface area (Å²) in [5.41, 5.74) is 0. The molecular weight excluding hydrogens is 372 g/mol. The number of hydrogen-bond donors (Lipinski definition) is 1. The van der Waals surface area contributed by atoms with Gasteiger partial charge in [-0.2, -0.15) is 0 Å². The van der Waals surface area contributed by atoms with Gasteiger partial charge in [0, 0.05) is 11.4 Å². The maximum Gasteiger partial charge on any atom is 0.173 e. The summed E-state index contributed by atoms with van der Waals surface area (Å²) in [6.45, 7) is 0.336. The van der Waals surface area contributed by atoms with Gasteiger partial charge in [-0.3, -0.25) is 0 Å². The molecule has 2 aliphatic heterocycles. The minimum atomic E-state index is -3.19. The monoisotopic (exact) mass is 390 g/mol. The molecule has 0 spiro atoms. The lowest BCUT2D eigenvalue weighted by molar-refractivity contribution is 0.294. The van der Waals surface area contributed by atoms with Crippen molar-refractivity contribution in [3.8, 4) is 0 Å². The van der Waals surface area contributed by atoms with Crippen LogP contribution in [0.5, 0.6) is 0 Å². The van der Waals surface area contributed by atoms with Gasteiger partial charge in [-0.05, 0) is 36.8 Å². The van der Waals surface area contributed by atoms with Crippen LogP contribution in [0.15, 0.2) is 34.3 Å². The zero-order chi connectivity index (χ0) is 17.4. The Morgan fingerprint density at radius 1 is 1.33 bits per heavy atom. The highest BCUT2D eigenvalue weighted by Crippen LogP contribution is 2.21. The summed E-state index contributed by atoms with van der Waals surface area (Å²) in [7, 11) is -6.26. The summed E-state index contributed by atoms with van der Waals surface area (Å²) in [6, 6.07) is 2.89. The van der Waals surface area contributed by atoms with Gasteiger partial charge in [0.15, 0.2) is 24.8 Å². The Bertz CT molecular complexity index is 843. The van der Waals surface area contributed by atoms with Gasteiger partial charge in [0.05, 0.1) is 36.1 Å². The fraction of sp³-hybridized carbons (Fsp3) is 0.500. The summed E-state index contributed by atoms with van der Waals surface area (Å²) >= 11 is 5.42. The summed E-state index contributed by atoms with van der Waals surface area (Å²) < 4.78 is 52.0. The van der Waals surface area contributed by atoms with Gasteiger partial charge in [0.25, 0.3) is 0 Å². The van der Waals surface area contributed by atoms with E-state index in [0.717, 1.165) is 0 Å². The van der Waals surface area contributed by atoms with Crippen LogP contribution in [0.3, 0.4) is 0 Å². The molecule has 1 N–H and O–H groups in total. The maximum atomic E-state index is 11.8. The molecule has 0 saturated carbocycles. The zero-order valence-corrected chi connectivity index (χ0v) is 15.2. The molecule has 7 nitrogen and oxygen atoms in total. The predicted molar refractivity (Wildman–Crippen MR) is 93.8 cm³/mol. The second kappa shape index (κ2) is 6.49. The van der Waals surface area contributed by atoms with Crippen molar-refractivity contribution in [2.24, 2.45) is 0 Å². The van der Waals surface area contributed by atoms with Crippen LogP contribution in [0.4, 0.5) is 0 Å². The van der Waals surface area contributed by atoms with Gasteiger partial charge in [0.1, 0.15) is 5.76 Å². The standard InChI is InChI=1S/C14H18N2O5S3/c17-23(18)6-3-11(9-23)15-14(22)16(8-13-2-1-5-21-13)12-4-7-24(19,20)10-12/h1-3,5-6,11-12H,4,7-10H2,(H,15,22). The van der Waals surface area contributed by atoms with Crippen LogP contribution >= 0.6 is 12.2 Å². The van der Waals surface area contributed by atoms with Crippen LogP contribution in [0.25, 0.3) is 0 Å². The quantitative estimate of drug-likeness (QED) is 0.741. The van der Waals surface area contributed by atoms with Gasteiger partial charge in [-0.25, -0.2) is 16.8 Å². The van der Waals surface area contributed by atoms with Crippen molar-refractivity contribution in [2.45, 2.75) is 25.0 Å². The molecule has 0 amide bonds. The van der Waals surface area contributed by atoms with Crippen molar-refractivity contribution < 1.29 is 21.3 Å². The van der Waals surface area contributed by atoms with E-state index in [1.165, 1.54) is 5.41 Å². The van der Waals surface area contributed by atoms with E-state index in [1.807, 2.05) is 0 Å². The van der Waals surface area contributed by atoms with Crippen molar-refractivity contribution in [3.63, 3.8) is 0 Å². The van der Waals surface area contributed by atoms with Crippen LogP contribution in [0, 0.1) is 0 Å². The van der Waals surface area contributed by atoms with Crippen molar-refractivity contribution >= 4 is 37.0 Å². The summed E-state index contributed by atoms with van der Waals surface area (Å²) in [5.74, 6) is 0.782. The number of nitrogens with one attached hydrogen (secondary N) is 1. The lowest BCUT2D eigenvalue weighted by atomic mass is 10.2. The zero-order valence-electron chi connectivity index (χ0n) is 12.8. The minimum Gasteiger partial charge on any atom is -0.467 e. The highest BCUT2D eigenvalue weighted by Gasteiger charge is 2.34. The number of hydrogen-bond acceptors (Lipinski definition) is 6. The van der Waals surface area contributed by atoms with E-state index in [-0.39, 0.29) is 23.3 Å². The largest absolute Gasteiger partial charge is 0.467 e. The molecule has 0 aliphatic carbocycles. The topological polar surface area (TPSA) is 96.7 Å². The molecule has 10 heteroatoms. The number of thiocarbonyl (C=S) groups is 1. The van der Waals surface area contributed by atoms with Crippen molar-refractivity contribution in [3.05, 3.63) is 35.6 Å². The molecule has 132 valence electrons. The molecule has 1 aromatic heterocycles. The van der Waals surface area contributed by atoms with Gasteiger partial charge in [-0.1, -0.05) is 0 Å². The second-order valence-electron chi connectivity index (χ2n) is 5.98. The third kappa shape index (κ3) is 4.17. The number of rotatable bonds is 4. The van der Waals surface area contributed by atoms with E-state index in [9.17, 15) is 16.8 Å². The first kappa shape index (κ1) is 17.4. The number of nitrogens with zero attached hydrogens (tertiary/aromatic N) is 1. The Balaban J connectivity index is 1.74. The summed E-state index contributed by atoms with van der Waals surface area (Å²) in [4.78, 5) is 1.78. The molecule has 2 unspecified atom stereocenters. The van der Waals surface area contributed by atoms with Gasteiger partial charge < -0.3 is 14.6 Å². The van der Waals surface area contributed by atoms with E-state index < -0.39 is 25.7 Å². The smallest absolute Gasteiger partial charge is 0.173 e. The highest BCUT2D eigenvalue weighted by molar-refractivity contribution is 7.94. The first-order valence-electron chi connectivity index (χ1n) is 7.45. The maximum absolute atomic E-state index is 11.8. The normalized spacial score (nSPS) is 27.2. The molecule has 0 aromatic carbocycles. The molecule has 1 fully saturated rings. The Morgan fingerprint density at radius 3 is 2.67 bits per heavy atom. The van der Waals surface area contributed by atoms with E-state index in [0.29, 0.717) is 23.8 Å². The van der Waals surface area contributed by atoms with Crippen LogP contribution in [0.1, 0.15) is 12.2 Å². The molecule has 3 heterocycles. The predicted octanol–water partition coefficient (Wildman–Crippen LogP) is 0.454. The fourth-order valence-electron chi connectivity index (χ4n) is 2.87. The molecule has 1 saturated heterocycles. The Morgan fingerprint density at radius 2 is 2.12 bits per heavy atom. The molecule has 3 rings (SSSR count). The summed E-state index contributed by atoms with van der Waals surface area (Å²) in [5, 5.41) is 4.51. The van der Waals surface area contributed by atoms with E-state index in [4.69, 9.17) is 16.6 Å². The molecule has 2 atom stereocenters. The SMILES string of the molecule is O=S1(=O)C=CC(NC(=S)N(Cc2ccco2)C2CCS(=O)(=O)C2)C1. The summed E-state index contributed by atoms with van der Waals surface area (Å²) in [6.07, 6.45) is 3.59. The Kier molecular flexibility index (Phi) is 4.71. The lowest BCUT2D eigenvalue weighted by Crippen LogP contribution is -2.49. The first-order chi connectivity index (χ1) is 11.2. The third-order valence-electron chi connectivity index (χ3n) is 4.06. The van der Waals surface area contributed by atoms with Crippen LogP contribution < -0.4 is 5.32 Å². The third-order valence-corrected chi connectivity index (χ3v) is 7.55. The van der Waals surface area contributed by atoms with E-state index >= 15 is 0 Å².